The van der Waals surface area contributed by atoms with Gasteiger partial charge in [-0.1, -0.05) is 17.7 Å². The second kappa shape index (κ2) is 6.72. The first-order chi connectivity index (χ1) is 12.8. The highest BCUT2D eigenvalue weighted by atomic mass is 31.2. The van der Waals surface area contributed by atoms with Crippen molar-refractivity contribution in [3.8, 4) is 5.75 Å². The Morgan fingerprint density at radius 2 is 2.00 bits per heavy atom. The van der Waals surface area contributed by atoms with E-state index >= 15 is 0 Å². The fourth-order valence-electron chi connectivity index (χ4n) is 2.94. The molecule has 2 aliphatic heterocycles. The van der Waals surface area contributed by atoms with E-state index in [9.17, 15) is 18.5 Å². The fraction of sp³-hybridized carbons (Fsp3) is 0.375. The molecular formula is C16H16FN2O7P. The Morgan fingerprint density at radius 1 is 1.26 bits per heavy atom. The number of phosphoric ester groups is 1. The lowest BCUT2D eigenvalue weighted by molar-refractivity contribution is -0.0668. The summed E-state index contributed by atoms with van der Waals surface area (Å²) in [6.07, 6.45) is -1.30. The number of hydrogen-bond acceptors (Lipinski definition) is 7. The van der Waals surface area contributed by atoms with Gasteiger partial charge in [-0.2, -0.15) is 4.39 Å². The number of aromatic nitrogens is 2. The van der Waals surface area contributed by atoms with Gasteiger partial charge in [0, 0.05) is 6.42 Å². The van der Waals surface area contributed by atoms with Crippen LogP contribution in [-0.2, 0) is 18.3 Å². The molecule has 0 aliphatic carbocycles. The van der Waals surface area contributed by atoms with Crippen molar-refractivity contribution in [2.24, 2.45) is 0 Å². The number of halogens is 1. The molecule has 2 aromatic rings. The van der Waals surface area contributed by atoms with Crippen LogP contribution in [0.15, 0.2) is 40.1 Å². The van der Waals surface area contributed by atoms with Crippen LogP contribution in [0.3, 0.4) is 0 Å². The summed E-state index contributed by atoms with van der Waals surface area (Å²) in [5.41, 5.74) is -0.913. The molecule has 11 heteroatoms. The van der Waals surface area contributed by atoms with Crippen LogP contribution in [0, 0.1) is 12.7 Å². The van der Waals surface area contributed by atoms with E-state index in [2.05, 4.69) is 0 Å². The highest BCUT2D eigenvalue weighted by Gasteiger charge is 2.48. The van der Waals surface area contributed by atoms with Gasteiger partial charge in [0.15, 0.2) is 0 Å². The molecule has 4 atom stereocenters. The average molecular weight is 398 g/mol. The van der Waals surface area contributed by atoms with Gasteiger partial charge in [-0.3, -0.25) is 23.4 Å². The summed E-state index contributed by atoms with van der Waals surface area (Å²) in [5.74, 6) is -0.782. The van der Waals surface area contributed by atoms with Gasteiger partial charge in [-0.05, 0) is 19.1 Å². The number of phosphoric acid groups is 1. The zero-order valence-electron chi connectivity index (χ0n) is 14.2. The zero-order chi connectivity index (χ0) is 19.2. The Hall–Kier alpha value is -2.26. The molecule has 0 radical (unpaired) electrons. The number of H-pyrrole nitrogens is 1. The minimum atomic E-state index is -3.87. The Bertz CT molecular complexity index is 1020. The number of ether oxygens (including phenoxy) is 1. The van der Waals surface area contributed by atoms with Gasteiger partial charge in [0.25, 0.3) is 5.56 Å². The van der Waals surface area contributed by atoms with E-state index < -0.39 is 43.3 Å². The lowest BCUT2D eigenvalue weighted by Gasteiger charge is -2.29. The van der Waals surface area contributed by atoms with E-state index in [1.807, 2.05) is 11.9 Å². The Kier molecular flexibility index (Phi) is 4.51. The highest BCUT2D eigenvalue weighted by Crippen LogP contribution is 2.56. The molecule has 1 aromatic carbocycles. The van der Waals surface area contributed by atoms with Crippen molar-refractivity contribution >= 4 is 7.82 Å². The third kappa shape index (κ3) is 3.61. The quantitative estimate of drug-likeness (QED) is 0.787. The first kappa shape index (κ1) is 18.1. The summed E-state index contributed by atoms with van der Waals surface area (Å²) in [5, 5.41) is 0. The third-order valence-electron chi connectivity index (χ3n) is 4.31. The smallest absolute Gasteiger partial charge is 0.404 e. The molecule has 4 rings (SSSR count). The summed E-state index contributed by atoms with van der Waals surface area (Å²) in [6, 6.07) is 6.87. The molecule has 2 fully saturated rings. The molecule has 144 valence electrons. The second-order valence-electron chi connectivity index (χ2n) is 6.30. The monoisotopic (exact) mass is 398 g/mol. The van der Waals surface area contributed by atoms with Crippen LogP contribution < -0.4 is 15.8 Å². The number of nitrogens with zero attached hydrogens (tertiary/aromatic N) is 1. The molecule has 1 unspecified atom stereocenters. The Balaban J connectivity index is 1.50. The second-order valence-corrected chi connectivity index (χ2v) is 7.85. The SMILES string of the molecule is Cc1ccc(OP2(=O)OC[C@H]3O[C@@H](n4cc(F)c(=O)[nH]c4=O)C[C@@H]3O2)cc1. The first-order valence-corrected chi connectivity index (χ1v) is 9.65. The summed E-state index contributed by atoms with van der Waals surface area (Å²) < 4.78 is 48.9. The summed E-state index contributed by atoms with van der Waals surface area (Å²) in [6.45, 7) is 1.83. The van der Waals surface area contributed by atoms with E-state index in [-0.39, 0.29) is 13.0 Å². The van der Waals surface area contributed by atoms with Gasteiger partial charge < -0.3 is 9.26 Å². The van der Waals surface area contributed by atoms with Crippen LogP contribution in [0.5, 0.6) is 5.75 Å². The number of nitrogens with one attached hydrogen (secondary N) is 1. The van der Waals surface area contributed by atoms with Crippen molar-refractivity contribution in [1.29, 1.82) is 0 Å². The minimum Gasteiger partial charge on any atom is -0.404 e. The first-order valence-electron chi connectivity index (χ1n) is 8.19. The molecule has 0 saturated carbocycles. The maximum atomic E-state index is 13.5. The van der Waals surface area contributed by atoms with Crippen molar-refractivity contribution < 1.29 is 27.3 Å². The van der Waals surface area contributed by atoms with Crippen LogP contribution >= 0.6 is 7.82 Å². The van der Waals surface area contributed by atoms with Gasteiger partial charge in [-0.25, -0.2) is 9.36 Å². The van der Waals surface area contributed by atoms with Crippen LogP contribution in [-0.4, -0.2) is 28.4 Å². The largest absolute Gasteiger partial charge is 0.530 e. The summed E-state index contributed by atoms with van der Waals surface area (Å²) >= 11 is 0. The van der Waals surface area contributed by atoms with E-state index in [1.54, 1.807) is 24.3 Å². The van der Waals surface area contributed by atoms with Crippen molar-refractivity contribution in [3.63, 3.8) is 0 Å². The Labute approximate surface area is 152 Å². The maximum Gasteiger partial charge on any atom is 0.530 e. The number of fused-ring (bicyclic) bond motifs is 1. The average Bonchev–Trinajstić information content (AvgIpc) is 3.02. The molecule has 1 N–H and O–H groups in total. The number of aromatic amines is 1. The van der Waals surface area contributed by atoms with Crippen molar-refractivity contribution in [2.45, 2.75) is 31.8 Å². The predicted molar refractivity (Wildman–Crippen MR) is 90.0 cm³/mol. The molecule has 1 aromatic heterocycles. The lowest BCUT2D eigenvalue weighted by Crippen LogP contribution is -2.34. The Morgan fingerprint density at radius 3 is 2.74 bits per heavy atom. The van der Waals surface area contributed by atoms with Crippen LogP contribution in [0.2, 0.25) is 0 Å². The van der Waals surface area contributed by atoms with Gasteiger partial charge in [0.1, 0.15) is 24.2 Å². The molecule has 0 amide bonds. The number of hydrogen-bond donors (Lipinski definition) is 1. The molecule has 2 aliphatic rings. The van der Waals surface area contributed by atoms with E-state index in [1.165, 1.54) is 0 Å². The van der Waals surface area contributed by atoms with Gasteiger partial charge in [-0.15, -0.1) is 0 Å². The van der Waals surface area contributed by atoms with Gasteiger partial charge >= 0.3 is 13.5 Å². The standard InChI is InChI=1S/C16H16FN2O7P/c1-9-2-4-10(5-3-9)25-27(22)23-8-13-12(26-27)6-14(24-13)19-7-11(17)15(20)18-16(19)21/h2-5,7,12-14H,6,8H2,1H3,(H,18,20,21)/t12-,13+,14+,27?/m0/s1. The summed E-state index contributed by atoms with van der Waals surface area (Å²) in [4.78, 5) is 24.9. The van der Waals surface area contributed by atoms with Crippen molar-refractivity contribution in [1.82, 2.24) is 9.55 Å². The van der Waals surface area contributed by atoms with E-state index in [4.69, 9.17) is 18.3 Å². The number of benzene rings is 1. The number of rotatable bonds is 3. The lowest BCUT2D eigenvalue weighted by atomic mass is 10.2. The van der Waals surface area contributed by atoms with Crippen LogP contribution in [0.4, 0.5) is 4.39 Å². The number of aryl methyl sites for hydroxylation is 1. The van der Waals surface area contributed by atoms with Crippen molar-refractivity contribution in [2.75, 3.05) is 6.61 Å². The van der Waals surface area contributed by atoms with Crippen molar-refractivity contribution in [3.05, 3.63) is 62.7 Å². The maximum absolute atomic E-state index is 13.5. The van der Waals surface area contributed by atoms with Gasteiger partial charge in [0.05, 0.1) is 12.8 Å². The molecule has 9 nitrogen and oxygen atoms in total. The summed E-state index contributed by atoms with van der Waals surface area (Å²) in [7, 11) is -3.87. The van der Waals surface area contributed by atoms with Crippen LogP contribution in [0.1, 0.15) is 18.2 Å². The van der Waals surface area contributed by atoms with Gasteiger partial charge in [0.2, 0.25) is 5.82 Å². The molecule has 3 heterocycles. The van der Waals surface area contributed by atoms with E-state index in [0.717, 1.165) is 16.3 Å². The predicted octanol–water partition coefficient (Wildman–Crippen LogP) is 1.87. The zero-order valence-corrected chi connectivity index (χ0v) is 15.1. The molecule has 27 heavy (non-hydrogen) atoms. The minimum absolute atomic E-state index is 0.0785. The fourth-order valence-corrected chi connectivity index (χ4v) is 4.36. The topological polar surface area (TPSA) is 109 Å². The molecule has 0 bridgehead atoms. The molecule has 0 spiro atoms. The third-order valence-corrected chi connectivity index (χ3v) is 5.74. The molecule has 2 saturated heterocycles. The highest BCUT2D eigenvalue weighted by molar-refractivity contribution is 7.49. The van der Waals surface area contributed by atoms with E-state index in [0.29, 0.717) is 5.75 Å². The normalized spacial score (nSPS) is 30.1. The molecular weight excluding hydrogens is 382 g/mol. The van der Waals surface area contributed by atoms with Crippen LogP contribution in [0.25, 0.3) is 0 Å².